The third-order valence-corrected chi connectivity index (χ3v) is 3.05. The number of aromatic nitrogens is 1. The third-order valence-electron chi connectivity index (χ3n) is 3.05. The number of anilines is 2. The predicted octanol–water partition coefficient (Wildman–Crippen LogP) is 1.82. The molecule has 6 nitrogen and oxygen atoms in total. The number of fused-ring (bicyclic) bond motifs is 1. The van der Waals surface area contributed by atoms with Gasteiger partial charge in [0.15, 0.2) is 5.82 Å². The van der Waals surface area contributed by atoms with Gasteiger partial charge in [-0.25, -0.2) is 0 Å². The number of para-hydroxylation sites is 2. The summed E-state index contributed by atoms with van der Waals surface area (Å²) in [5, 5.41) is 6.46. The number of nitrogens with one attached hydrogen (secondary N) is 1. The molecule has 0 fully saturated rings. The van der Waals surface area contributed by atoms with Crippen LogP contribution >= 0.6 is 0 Å². The van der Waals surface area contributed by atoms with E-state index in [1.165, 1.54) is 0 Å². The van der Waals surface area contributed by atoms with Gasteiger partial charge in [0, 0.05) is 6.07 Å². The van der Waals surface area contributed by atoms with Gasteiger partial charge in [0.1, 0.15) is 18.1 Å². The van der Waals surface area contributed by atoms with Crippen LogP contribution in [0, 0.1) is 6.92 Å². The predicted molar refractivity (Wildman–Crippen MR) is 74.0 cm³/mol. The maximum Gasteiger partial charge on any atom is 0.245 e. The second-order valence-electron chi connectivity index (χ2n) is 4.61. The highest BCUT2D eigenvalue weighted by atomic mass is 16.5. The molecular formula is C14H15N3O3. The Balaban J connectivity index is 1.68. The Morgan fingerprint density at radius 1 is 1.45 bits per heavy atom. The summed E-state index contributed by atoms with van der Waals surface area (Å²) >= 11 is 0. The molecule has 0 aliphatic carbocycles. The molecule has 104 valence electrons. The fourth-order valence-corrected chi connectivity index (χ4v) is 2.17. The Hall–Kier alpha value is -2.50. The van der Waals surface area contributed by atoms with Crippen LogP contribution in [-0.4, -0.2) is 30.8 Å². The highest BCUT2D eigenvalue weighted by Gasteiger charge is 2.20. The van der Waals surface area contributed by atoms with Gasteiger partial charge in [-0.15, -0.1) is 0 Å². The van der Waals surface area contributed by atoms with Crippen LogP contribution in [0.2, 0.25) is 0 Å². The SMILES string of the molecule is Cc1cc(NC(=O)CN2CCOc3ccccc32)no1. The molecule has 0 saturated heterocycles. The molecule has 0 saturated carbocycles. The van der Waals surface area contributed by atoms with Crippen LogP contribution in [0.25, 0.3) is 0 Å². The van der Waals surface area contributed by atoms with Crippen molar-refractivity contribution in [1.82, 2.24) is 5.16 Å². The highest BCUT2D eigenvalue weighted by Crippen LogP contribution is 2.30. The average molecular weight is 273 g/mol. The fourth-order valence-electron chi connectivity index (χ4n) is 2.17. The molecule has 20 heavy (non-hydrogen) atoms. The van der Waals surface area contributed by atoms with E-state index in [-0.39, 0.29) is 12.5 Å². The van der Waals surface area contributed by atoms with Crippen LogP contribution in [0.15, 0.2) is 34.9 Å². The fraction of sp³-hybridized carbons (Fsp3) is 0.286. The number of benzene rings is 1. The lowest BCUT2D eigenvalue weighted by Crippen LogP contribution is -2.38. The van der Waals surface area contributed by atoms with Gasteiger partial charge in [-0.05, 0) is 19.1 Å². The van der Waals surface area contributed by atoms with Crippen molar-refractivity contribution >= 4 is 17.4 Å². The molecule has 1 aromatic heterocycles. The Kier molecular flexibility index (Phi) is 3.28. The van der Waals surface area contributed by atoms with E-state index in [1.54, 1.807) is 13.0 Å². The number of rotatable bonds is 3. The zero-order valence-electron chi connectivity index (χ0n) is 11.1. The van der Waals surface area contributed by atoms with Crippen molar-refractivity contribution in [3.8, 4) is 5.75 Å². The summed E-state index contributed by atoms with van der Waals surface area (Å²) in [6, 6.07) is 9.38. The molecule has 1 N–H and O–H groups in total. The third kappa shape index (κ3) is 2.59. The topological polar surface area (TPSA) is 67.6 Å². The van der Waals surface area contributed by atoms with Crippen LogP contribution in [0.1, 0.15) is 5.76 Å². The van der Waals surface area contributed by atoms with Crippen molar-refractivity contribution in [3.63, 3.8) is 0 Å². The number of carbonyl (C=O) groups excluding carboxylic acids is 1. The second kappa shape index (κ2) is 5.24. The minimum Gasteiger partial charge on any atom is -0.490 e. The van der Waals surface area contributed by atoms with Gasteiger partial charge in [0.2, 0.25) is 5.91 Å². The van der Waals surface area contributed by atoms with Crippen molar-refractivity contribution in [2.75, 3.05) is 29.9 Å². The minimum atomic E-state index is -0.130. The summed E-state index contributed by atoms with van der Waals surface area (Å²) in [5.74, 6) is 1.78. The zero-order chi connectivity index (χ0) is 13.9. The summed E-state index contributed by atoms with van der Waals surface area (Å²) in [5.41, 5.74) is 0.935. The van der Waals surface area contributed by atoms with Crippen LogP contribution < -0.4 is 15.0 Å². The summed E-state index contributed by atoms with van der Waals surface area (Å²) in [6.45, 7) is 3.29. The molecule has 6 heteroatoms. The second-order valence-corrected chi connectivity index (χ2v) is 4.61. The van der Waals surface area contributed by atoms with E-state index in [1.807, 2.05) is 29.2 Å². The molecule has 0 radical (unpaired) electrons. The largest absolute Gasteiger partial charge is 0.490 e. The molecule has 2 heterocycles. The average Bonchev–Trinajstić information content (AvgIpc) is 2.84. The van der Waals surface area contributed by atoms with Crippen molar-refractivity contribution in [3.05, 3.63) is 36.1 Å². The number of carbonyl (C=O) groups is 1. The minimum absolute atomic E-state index is 0.130. The number of amides is 1. The monoisotopic (exact) mass is 273 g/mol. The number of nitrogens with zero attached hydrogens (tertiary/aromatic N) is 2. The van der Waals surface area contributed by atoms with E-state index < -0.39 is 0 Å². The molecule has 0 atom stereocenters. The summed E-state index contributed by atoms with van der Waals surface area (Å²) in [7, 11) is 0. The first-order valence-electron chi connectivity index (χ1n) is 6.42. The Morgan fingerprint density at radius 2 is 2.30 bits per heavy atom. The van der Waals surface area contributed by atoms with Gasteiger partial charge in [-0.2, -0.15) is 0 Å². The molecule has 0 unspecified atom stereocenters. The maximum atomic E-state index is 12.0. The van der Waals surface area contributed by atoms with Gasteiger partial charge in [-0.3, -0.25) is 4.79 Å². The number of ether oxygens (including phenoxy) is 1. The van der Waals surface area contributed by atoms with E-state index in [2.05, 4.69) is 10.5 Å². The molecule has 0 bridgehead atoms. The van der Waals surface area contributed by atoms with E-state index >= 15 is 0 Å². The van der Waals surface area contributed by atoms with E-state index in [0.717, 1.165) is 11.4 Å². The van der Waals surface area contributed by atoms with Gasteiger partial charge in [0.05, 0.1) is 18.8 Å². The first kappa shape index (κ1) is 12.5. The standard InChI is InChI=1S/C14H15N3O3/c1-10-8-13(16-20-10)15-14(18)9-17-6-7-19-12-5-3-2-4-11(12)17/h2-5,8H,6-7,9H2,1H3,(H,15,16,18). The quantitative estimate of drug-likeness (QED) is 0.924. The van der Waals surface area contributed by atoms with Gasteiger partial charge in [0.25, 0.3) is 0 Å². The lowest BCUT2D eigenvalue weighted by molar-refractivity contribution is -0.115. The molecule has 1 aliphatic rings. The van der Waals surface area contributed by atoms with Crippen LogP contribution in [0.5, 0.6) is 5.75 Å². The lowest BCUT2D eigenvalue weighted by Gasteiger charge is -2.30. The Labute approximate surface area is 116 Å². The van der Waals surface area contributed by atoms with Crippen LogP contribution in [-0.2, 0) is 4.79 Å². The van der Waals surface area contributed by atoms with Crippen molar-refractivity contribution in [2.24, 2.45) is 0 Å². The first-order valence-corrected chi connectivity index (χ1v) is 6.42. The Morgan fingerprint density at radius 3 is 3.10 bits per heavy atom. The van der Waals surface area contributed by atoms with Crippen LogP contribution in [0.4, 0.5) is 11.5 Å². The van der Waals surface area contributed by atoms with Gasteiger partial charge < -0.3 is 19.5 Å². The maximum absolute atomic E-state index is 12.0. The molecule has 3 rings (SSSR count). The van der Waals surface area contributed by atoms with Gasteiger partial charge >= 0.3 is 0 Å². The molecule has 0 spiro atoms. The van der Waals surface area contributed by atoms with Crippen molar-refractivity contribution in [2.45, 2.75) is 6.92 Å². The van der Waals surface area contributed by atoms with Crippen molar-refractivity contribution < 1.29 is 14.1 Å². The summed E-state index contributed by atoms with van der Waals surface area (Å²) in [4.78, 5) is 14.0. The first-order chi connectivity index (χ1) is 9.72. The molecule has 1 aromatic carbocycles. The molecule has 1 amide bonds. The van der Waals surface area contributed by atoms with E-state index in [4.69, 9.17) is 9.26 Å². The van der Waals surface area contributed by atoms with Crippen molar-refractivity contribution in [1.29, 1.82) is 0 Å². The normalized spacial score (nSPS) is 13.6. The smallest absolute Gasteiger partial charge is 0.245 e. The molecule has 1 aliphatic heterocycles. The molecular weight excluding hydrogens is 258 g/mol. The van der Waals surface area contributed by atoms with E-state index in [9.17, 15) is 4.79 Å². The molecule has 2 aromatic rings. The number of hydrogen-bond acceptors (Lipinski definition) is 5. The van der Waals surface area contributed by atoms with Gasteiger partial charge in [-0.1, -0.05) is 17.3 Å². The zero-order valence-corrected chi connectivity index (χ0v) is 11.1. The van der Waals surface area contributed by atoms with E-state index in [0.29, 0.717) is 24.7 Å². The number of aryl methyl sites for hydroxylation is 1. The number of hydrogen-bond donors (Lipinski definition) is 1. The van der Waals surface area contributed by atoms with Crippen LogP contribution in [0.3, 0.4) is 0 Å². The Bertz CT molecular complexity index is 624. The highest BCUT2D eigenvalue weighted by molar-refractivity contribution is 5.93. The summed E-state index contributed by atoms with van der Waals surface area (Å²) < 4.78 is 10.5. The summed E-state index contributed by atoms with van der Waals surface area (Å²) in [6.07, 6.45) is 0. The lowest BCUT2D eigenvalue weighted by atomic mass is 10.2.